The first kappa shape index (κ1) is 23.0. The van der Waals surface area contributed by atoms with Crippen LogP contribution in [0.1, 0.15) is 48.4 Å². The molecule has 0 spiro atoms. The maximum atomic E-state index is 12.5. The number of halogens is 3. The Morgan fingerprint density at radius 3 is 2.37 bits per heavy atom. The Kier molecular flexibility index (Phi) is 6.91. The summed E-state index contributed by atoms with van der Waals surface area (Å²) in [4.78, 5) is 28.6. The molecule has 0 radical (unpaired) electrons. The van der Waals surface area contributed by atoms with Gasteiger partial charge in [-0.3, -0.25) is 9.59 Å². The summed E-state index contributed by atoms with van der Waals surface area (Å²) < 4.78 is 40.5. The second-order valence-electron chi connectivity index (χ2n) is 6.99. The number of aryl methyl sites for hydroxylation is 1. The number of nitrogens with one attached hydrogen (secondary N) is 2. The van der Waals surface area contributed by atoms with Crippen LogP contribution in [-0.4, -0.2) is 28.3 Å². The highest BCUT2D eigenvalue weighted by Crippen LogP contribution is 2.29. The molecule has 0 bridgehead atoms. The zero-order valence-corrected chi connectivity index (χ0v) is 16.8. The molecule has 0 fully saturated rings. The van der Waals surface area contributed by atoms with Crippen molar-refractivity contribution < 1.29 is 32.6 Å². The van der Waals surface area contributed by atoms with Crippen LogP contribution in [0.25, 0.3) is 0 Å². The summed E-state index contributed by atoms with van der Waals surface area (Å²) in [7, 11) is 0. The fourth-order valence-electron chi connectivity index (χ4n) is 2.54. The van der Waals surface area contributed by atoms with Crippen LogP contribution < -0.4 is 15.4 Å². The van der Waals surface area contributed by atoms with Gasteiger partial charge in [-0.25, -0.2) is 4.98 Å². The molecule has 3 N–H and O–H groups in total. The van der Waals surface area contributed by atoms with Crippen molar-refractivity contribution >= 4 is 17.6 Å². The number of phenolic OH excluding ortho intramolecular Hbond substituents is 1. The van der Waals surface area contributed by atoms with Crippen molar-refractivity contribution in [3.8, 4) is 11.5 Å². The second-order valence-corrected chi connectivity index (χ2v) is 6.99. The van der Waals surface area contributed by atoms with Crippen molar-refractivity contribution in [3.05, 3.63) is 47.2 Å². The average molecular weight is 425 g/mol. The number of ether oxygens (including phenoxy) is 1. The van der Waals surface area contributed by atoms with Crippen LogP contribution in [-0.2, 0) is 4.79 Å². The van der Waals surface area contributed by atoms with Crippen LogP contribution in [0.15, 0.2) is 30.3 Å². The Morgan fingerprint density at radius 1 is 1.13 bits per heavy atom. The third kappa shape index (κ3) is 6.36. The summed E-state index contributed by atoms with van der Waals surface area (Å²) in [6, 6.07) is 5.46. The molecule has 0 saturated heterocycles. The quantitative estimate of drug-likeness (QED) is 0.648. The number of alkyl halides is 3. The number of benzene rings is 1. The van der Waals surface area contributed by atoms with Gasteiger partial charge in [0.1, 0.15) is 17.3 Å². The van der Waals surface area contributed by atoms with Crippen LogP contribution in [0.2, 0.25) is 0 Å². The second kappa shape index (κ2) is 9.02. The number of hydrogen-bond donors (Lipinski definition) is 3. The molecule has 1 unspecified atom stereocenters. The minimum atomic E-state index is -4.91. The number of aromatic hydroxyl groups is 1. The highest BCUT2D eigenvalue weighted by atomic mass is 19.4. The highest BCUT2D eigenvalue weighted by molar-refractivity contribution is 5.97. The van der Waals surface area contributed by atoms with Crippen LogP contribution in [0.4, 0.5) is 19.0 Å². The van der Waals surface area contributed by atoms with E-state index >= 15 is 0 Å². The monoisotopic (exact) mass is 425 g/mol. The SMILES string of the molecule is Cc1cc(C(C)NC(=O)c2ccc(OC(F)(F)F)cc2O)cc(NC(=O)C(C)C)n1. The molecule has 2 rings (SSSR count). The molecule has 0 aliphatic carbocycles. The van der Waals surface area contributed by atoms with Crippen LogP contribution in [0.3, 0.4) is 0 Å². The number of carbonyl (C=O) groups is 2. The third-order valence-electron chi connectivity index (χ3n) is 4.05. The Bertz CT molecular complexity index is 945. The molecule has 2 amide bonds. The first-order valence-corrected chi connectivity index (χ1v) is 9.05. The van der Waals surface area contributed by atoms with E-state index in [4.69, 9.17) is 0 Å². The lowest BCUT2D eigenvalue weighted by Crippen LogP contribution is -2.27. The van der Waals surface area contributed by atoms with E-state index in [2.05, 4.69) is 20.4 Å². The van der Waals surface area contributed by atoms with Gasteiger partial charge in [-0.2, -0.15) is 0 Å². The van der Waals surface area contributed by atoms with Gasteiger partial charge in [-0.05, 0) is 43.7 Å². The molecule has 7 nitrogen and oxygen atoms in total. The smallest absolute Gasteiger partial charge is 0.507 e. The number of aromatic nitrogens is 1. The van der Waals surface area contributed by atoms with Gasteiger partial charge in [0.25, 0.3) is 5.91 Å². The largest absolute Gasteiger partial charge is 0.573 e. The summed E-state index contributed by atoms with van der Waals surface area (Å²) >= 11 is 0. The Morgan fingerprint density at radius 2 is 1.80 bits per heavy atom. The molecule has 162 valence electrons. The highest BCUT2D eigenvalue weighted by Gasteiger charge is 2.31. The lowest BCUT2D eigenvalue weighted by Gasteiger charge is -2.17. The first-order valence-electron chi connectivity index (χ1n) is 9.05. The maximum Gasteiger partial charge on any atom is 0.573 e. The number of anilines is 1. The molecule has 0 aliphatic rings. The molecule has 30 heavy (non-hydrogen) atoms. The number of amides is 2. The van der Waals surface area contributed by atoms with E-state index in [9.17, 15) is 27.9 Å². The minimum Gasteiger partial charge on any atom is -0.507 e. The number of rotatable bonds is 6. The lowest BCUT2D eigenvalue weighted by atomic mass is 10.1. The summed E-state index contributed by atoms with van der Waals surface area (Å²) in [5.41, 5.74) is 1.05. The maximum absolute atomic E-state index is 12.5. The van der Waals surface area contributed by atoms with Gasteiger partial charge in [0.2, 0.25) is 5.91 Å². The molecule has 2 aromatic rings. The van der Waals surface area contributed by atoms with Crippen molar-refractivity contribution in [3.63, 3.8) is 0 Å². The summed E-state index contributed by atoms with van der Waals surface area (Å²) in [5.74, 6) is -2.10. The summed E-state index contributed by atoms with van der Waals surface area (Å²) in [5, 5.41) is 15.3. The van der Waals surface area contributed by atoms with E-state index in [1.165, 1.54) is 0 Å². The van der Waals surface area contributed by atoms with E-state index < -0.39 is 29.8 Å². The van der Waals surface area contributed by atoms with Crippen LogP contribution >= 0.6 is 0 Å². The fraction of sp³-hybridized carbons (Fsp3) is 0.350. The summed E-state index contributed by atoms with van der Waals surface area (Å²) in [6.07, 6.45) is -4.91. The molecule has 10 heteroatoms. The lowest BCUT2D eigenvalue weighted by molar-refractivity contribution is -0.274. The molecule has 1 aromatic carbocycles. The molecular formula is C20H22F3N3O4. The van der Waals surface area contributed by atoms with E-state index in [1.807, 2.05) is 0 Å². The van der Waals surface area contributed by atoms with Gasteiger partial charge < -0.3 is 20.5 Å². The van der Waals surface area contributed by atoms with Gasteiger partial charge in [0.05, 0.1) is 11.6 Å². The van der Waals surface area contributed by atoms with Gasteiger partial charge in [0, 0.05) is 17.7 Å². The van der Waals surface area contributed by atoms with E-state index in [1.54, 1.807) is 39.8 Å². The standard InChI is InChI=1S/C20H22F3N3O4/c1-10(2)18(28)26-17-8-13(7-11(3)24-17)12(4)25-19(29)15-6-5-14(9-16(15)27)30-20(21,22)23/h5-10,12,27H,1-4H3,(H,25,29)(H,24,26,28). The van der Waals surface area contributed by atoms with Crippen LogP contribution in [0.5, 0.6) is 11.5 Å². The molecular weight excluding hydrogens is 403 g/mol. The number of pyridine rings is 1. The van der Waals surface area contributed by atoms with E-state index in [0.717, 1.165) is 12.1 Å². The van der Waals surface area contributed by atoms with Crippen molar-refractivity contribution in [1.29, 1.82) is 0 Å². The van der Waals surface area contributed by atoms with E-state index in [0.29, 0.717) is 23.1 Å². The van der Waals surface area contributed by atoms with Crippen molar-refractivity contribution in [1.82, 2.24) is 10.3 Å². The molecule has 1 heterocycles. The van der Waals surface area contributed by atoms with Gasteiger partial charge >= 0.3 is 6.36 Å². The number of phenols is 1. The minimum absolute atomic E-state index is 0.207. The molecule has 0 aliphatic heterocycles. The Hall–Kier alpha value is -3.30. The number of hydrogen-bond acceptors (Lipinski definition) is 5. The number of carbonyl (C=O) groups excluding carboxylic acids is 2. The topological polar surface area (TPSA) is 101 Å². The van der Waals surface area contributed by atoms with Gasteiger partial charge in [-0.1, -0.05) is 13.8 Å². The third-order valence-corrected chi connectivity index (χ3v) is 4.05. The van der Waals surface area contributed by atoms with Crippen LogP contribution in [0, 0.1) is 12.8 Å². The predicted octanol–water partition coefficient (Wildman–Crippen LogP) is 4.08. The van der Waals surface area contributed by atoms with Crippen molar-refractivity contribution in [2.24, 2.45) is 5.92 Å². The van der Waals surface area contributed by atoms with E-state index in [-0.39, 0.29) is 17.4 Å². The van der Waals surface area contributed by atoms with Gasteiger partial charge in [0.15, 0.2) is 0 Å². The molecule has 1 aromatic heterocycles. The Labute approximate surface area is 171 Å². The molecule has 0 saturated carbocycles. The van der Waals surface area contributed by atoms with Gasteiger partial charge in [-0.15, -0.1) is 13.2 Å². The summed E-state index contributed by atoms with van der Waals surface area (Å²) in [6.45, 7) is 6.89. The van der Waals surface area contributed by atoms with Crippen molar-refractivity contribution in [2.75, 3.05) is 5.32 Å². The van der Waals surface area contributed by atoms with Crippen molar-refractivity contribution in [2.45, 2.75) is 40.1 Å². The normalized spacial score (nSPS) is 12.4. The zero-order chi connectivity index (χ0) is 22.6. The Balaban J connectivity index is 2.16. The average Bonchev–Trinajstić information content (AvgIpc) is 2.59. The predicted molar refractivity (Wildman–Crippen MR) is 103 cm³/mol. The molecule has 1 atom stereocenters. The first-order chi connectivity index (χ1) is 13.9. The number of nitrogens with zero attached hydrogens (tertiary/aromatic N) is 1. The fourth-order valence-corrected chi connectivity index (χ4v) is 2.54. The zero-order valence-electron chi connectivity index (χ0n) is 16.8.